The van der Waals surface area contributed by atoms with E-state index in [2.05, 4.69) is 5.10 Å². The molecule has 0 radical (unpaired) electrons. The highest BCUT2D eigenvalue weighted by Crippen LogP contribution is 2.35. The van der Waals surface area contributed by atoms with Gasteiger partial charge in [-0.25, -0.2) is 4.79 Å². The van der Waals surface area contributed by atoms with Crippen molar-refractivity contribution in [2.45, 2.75) is 32.4 Å². The maximum Gasteiger partial charge on any atom is 0.355 e. The van der Waals surface area contributed by atoms with Gasteiger partial charge in [0.05, 0.1) is 11.7 Å². The molecule has 5 nitrogen and oxygen atoms in total. The zero-order valence-corrected chi connectivity index (χ0v) is 14.3. The number of nitrogens with zero attached hydrogens (tertiary/aromatic N) is 2. The molecule has 3 rings (SSSR count). The summed E-state index contributed by atoms with van der Waals surface area (Å²) in [5, 5.41) is 6.33. The summed E-state index contributed by atoms with van der Waals surface area (Å²) in [6.07, 6.45) is -0.335. The molecule has 2 aromatic rings. The molecule has 128 valence electrons. The van der Waals surface area contributed by atoms with Gasteiger partial charge in [-0.1, -0.05) is 48.5 Å². The third-order valence-corrected chi connectivity index (χ3v) is 4.21. The second-order valence-electron chi connectivity index (χ2n) is 6.02. The summed E-state index contributed by atoms with van der Waals surface area (Å²) in [6.45, 7) is 2.97. The highest BCUT2D eigenvalue weighted by Gasteiger charge is 2.33. The lowest BCUT2D eigenvalue weighted by atomic mass is 10.0. The number of hydrogen-bond donors (Lipinski definition) is 0. The second kappa shape index (κ2) is 7.30. The minimum atomic E-state index is -0.767. The number of hydrogen-bond acceptors (Lipinski definition) is 5. The fourth-order valence-electron chi connectivity index (χ4n) is 2.70. The number of ketones is 1. The average Bonchev–Trinajstić information content (AvgIpc) is 3.08. The van der Waals surface area contributed by atoms with Crippen molar-refractivity contribution in [3.05, 3.63) is 66.2 Å². The van der Waals surface area contributed by atoms with E-state index in [1.54, 1.807) is 6.92 Å². The van der Waals surface area contributed by atoms with Crippen molar-refractivity contribution >= 4 is 23.2 Å². The van der Waals surface area contributed by atoms with Crippen LogP contribution in [0.2, 0.25) is 0 Å². The van der Waals surface area contributed by atoms with E-state index < -0.39 is 12.1 Å². The Kier molecular flexibility index (Phi) is 4.93. The van der Waals surface area contributed by atoms with Crippen molar-refractivity contribution in [1.82, 2.24) is 0 Å². The Hall–Kier alpha value is -2.95. The van der Waals surface area contributed by atoms with Crippen LogP contribution in [-0.2, 0) is 14.3 Å². The highest BCUT2D eigenvalue weighted by molar-refractivity contribution is 6.37. The van der Waals surface area contributed by atoms with E-state index >= 15 is 0 Å². The van der Waals surface area contributed by atoms with Crippen LogP contribution in [0.3, 0.4) is 0 Å². The fraction of sp³-hybridized carbons (Fsp3) is 0.250. The third-order valence-electron chi connectivity index (χ3n) is 4.21. The molecule has 0 fully saturated rings. The van der Waals surface area contributed by atoms with Crippen molar-refractivity contribution in [3.8, 4) is 0 Å². The van der Waals surface area contributed by atoms with Crippen molar-refractivity contribution in [2.24, 2.45) is 5.10 Å². The van der Waals surface area contributed by atoms with Crippen LogP contribution in [0, 0.1) is 0 Å². The molecule has 5 heteroatoms. The number of carbonyl (C=O) groups excluding carboxylic acids is 2. The molecule has 1 aliphatic rings. The molecule has 0 aromatic heterocycles. The quantitative estimate of drug-likeness (QED) is 0.784. The molecule has 0 amide bonds. The van der Waals surface area contributed by atoms with E-state index in [-0.39, 0.29) is 11.8 Å². The molecule has 0 unspecified atom stereocenters. The van der Waals surface area contributed by atoms with Crippen LogP contribution in [-0.4, -0.2) is 23.6 Å². The number of benzene rings is 2. The topological polar surface area (TPSA) is 59.0 Å². The highest BCUT2D eigenvalue weighted by atomic mass is 16.5. The Balaban J connectivity index is 1.89. The molecule has 0 bridgehead atoms. The van der Waals surface area contributed by atoms with Gasteiger partial charge in [0.15, 0.2) is 11.9 Å². The molecule has 0 saturated heterocycles. The smallest absolute Gasteiger partial charge is 0.355 e. The molecular weight excluding hydrogens is 316 g/mol. The maximum atomic E-state index is 12.4. The van der Waals surface area contributed by atoms with Crippen molar-refractivity contribution in [2.75, 3.05) is 5.01 Å². The first kappa shape index (κ1) is 16.9. The van der Waals surface area contributed by atoms with Gasteiger partial charge >= 0.3 is 5.97 Å². The van der Waals surface area contributed by atoms with E-state index in [0.717, 1.165) is 11.3 Å². The molecule has 0 aliphatic carbocycles. The Morgan fingerprint density at radius 1 is 1.08 bits per heavy atom. The van der Waals surface area contributed by atoms with Gasteiger partial charge in [-0.2, -0.15) is 5.10 Å². The predicted molar refractivity (Wildman–Crippen MR) is 96.4 cm³/mol. The summed E-state index contributed by atoms with van der Waals surface area (Å²) in [6, 6.07) is 19.5. The molecule has 25 heavy (non-hydrogen) atoms. The molecular formula is C20H20N2O3. The Morgan fingerprint density at radius 3 is 2.28 bits per heavy atom. The number of anilines is 1. The standard InChI is InChI=1S/C20H20N2O3/c1-14(23)15(2)25-20(24)18-13-19(16-9-5-3-6-10-16)22(21-18)17-11-7-4-8-12-17/h3-12,15,19H,13H2,1-2H3/t15-,19-/m1/s1. The number of rotatable bonds is 5. The van der Waals surface area contributed by atoms with Gasteiger partial charge in [-0.3, -0.25) is 9.80 Å². The zero-order valence-electron chi connectivity index (χ0n) is 14.3. The van der Waals surface area contributed by atoms with Gasteiger partial charge in [0.25, 0.3) is 0 Å². The van der Waals surface area contributed by atoms with Crippen LogP contribution >= 0.6 is 0 Å². The van der Waals surface area contributed by atoms with Gasteiger partial charge in [0, 0.05) is 6.42 Å². The molecule has 0 saturated carbocycles. The summed E-state index contributed by atoms with van der Waals surface area (Å²) >= 11 is 0. The molecule has 2 atom stereocenters. The van der Waals surface area contributed by atoms with Crippen LogP contribution in [0.5, 0.6) is 0 Å². The molecule has 0 spiro atoms. The molecule has 1 heterocycles. The molecule has 1 aliphatic heterocycles. The minimum absolute atomic E-state index is 0.0845. The zero-order chi connectivity index (χ0) is 17.8. The monoisotopic (exact) mass is 336 g/mol. The largest absolute Gasteiger partial charge is 0.450 e. The normalized spacial score (nSPS) is 17.8. The number of para-hydroxylation sites is 1. The van der Waals surface area contributed by atoms with Crippen LogP contribution in [0.4, 0.5) is 5.69 Å². The summed E-state index contributed by atoms with van der Waals surface area (Å²) < 4.78 is 5.22. The predicted octanol–water partition coefficient (Wildman–Crippen LogP) is 3.51. The van der Waals surface area contributed by atoms with Crippen LogP contribution in [0.25, 0.3) is 0 Å². The number of hydrazone groups is 1. The first-order valence-corrected chi connectivity index (χ1v) is 8.24. The first-order chi connectivity index (χ1) is 12.1. The van der Waals surface area contributed by atoms with Crippen LogP contribution in [0.15, 0.2) is 65.8 Å². The Morgan fingerprint density at radius 2 is 1.68 bits per heavy atom. The van der Waals surface area contributed by atoms with Gasteiger partial charge in [0.1, 0.15) is 5.71 Å². The fourth-order valence-corrected chi connectivity index (χ4v) is 2.70. The van der Waals surface area contributed by atoms with Gasteiger partial charge in [0.2, 0.25) is 0 Å². The van der Waals surface area contributed by atoms with Crippen LogP contribution < -0.4 is 5.01 Å². The second-order valence-corrected chi connectivity index (χ2v) is 6.02. The van der Waals surface area contributed by atoms with E-state index in [4.69, 9.17) is 4.74 Å². The molecule has 2 aromatic carbocycles. The summed E-state index contributed by atoms with van der Waals surface area (Å²) in [5.74, 6) is -0.728. The molecule has 0 N–H and O–H groups in total. The number of carbonyl (C=O) groups is 2. The van der Waals surface area contributed by atoms with Crippen LogP contribution in [0.1, 0.15) is 31.9 Å². The van der Waals surface area contributed by atoms with E-state index in [1.807, 2.05) is 65.7 Å². The van der Waals surface area contributed by atoms with Crippen molar-refractivity contribution in [3.63, 3.8) is 0 Å². The van der Waals surface area contributed by atoms with E-state index in [1.165, 1.54) is 6.92 Å². The summed E-state index contributed by atoms with van der Waals surface area (Å²) in [7, 11) is 0. The number of Topliss-reactive ketones (excluding diaryl/α,β-unsaturated/α-hetero) is 1. The summed E-state index contributed by atoms with van der Waals surface area (Å²) in [5.41, 5.74) is 2.29. The average molecular weight is 336 g/mol. The van der Waals surface area contributed by atoms with Crippen molar-refractivity contribution in [1.29, 1.82) is 0 Å². The summed E-state index contributed by atoms with van der Waals surface area (Å²) in [4.78, 5) is 23.7. The lowest BCUT2D eigenvalue weighted by Gasteiger charge is -2.23. The Labute approximate surface area is 146 Å². The number of esters is 1. The Bertz CT molecular complexity index is 787. The van der Waals surface area contributed by atoms with E-state index in [9.17, 15) is 9.59 Å². The maximum absolute atomic E-state index is 12.4. The van der Waals surface area contributed by atoms with Crippen molar-refractivity contribution < 1.29 is 14.3 Å². The van der Waals surface area contributed by atoms with E-state index in [0.29, 0.717) is 12.1 Å². The lowest BCUT2D eigenvalue weighted by molar-refractivity contribution is -0.146. The first-order valence-electron chi connectivity index (χ1n) is 8.24. The van der Waals surface area contributed by atoms with Gasteiger partial charge in [-0.15, -0.1) is 0 Å². The SMILES string of the molecule is CC(=O)[C@@H](C)OC(=O)C1=NN(c2ccccc2)[C@@H](c2ccccc2)C1. The van der Waals surface area contributed by atoms with Gasteiger partial charge in [-0.05, 0) is 31.5 Å². The minimum Gasteiger partial charge on any atom is -0.450 e. The third kappa shape index (κ3) is 3.76. The number of ether oxygens (including phenoxy) is 1. The van der Waals surface area contributed by atoms with Gasteiger partial charge < -0.3 is 4.74 Å². The lowest BCUT2D eigenvalue weighted by Crippen LogP contribution is -2.26.